The number of aromatic nitrogens is 1. The van der Waals surface area contributed by atoms with E-state index >= 15 is 0 Å². The average molecular weight is 567 g/mol. The van der Waals surface area contributed by atoms with Crippen molar-refractivity contribution in [3.05, 3.63) is 39.7 Å². The molecule has 0 aliphatic heterocycles. The summed E-state index contributed by atoms with van der Waals surface area (Å²) in [5.74, 6) is 0.786. The monoisotopic (exact) mass is 566 g/mol. The number of carbonyl (C=O) groups excluding carboxylic acids is 1. The van der Waals surface area contributed by atoms with E-state index in [0.29, 0.717) is 29.2 Å². The minimum Gasteiger partial charge on any atom is -0.481 e. The maximum atomic E-state index is 13.0. The number of allylic oxidation sites excluding steroid dienone is 2. The SMILES string of the molecule is CC1CCC2(C(=O)O)CCC3(C)C(=CCC4C5(C)Cc6cc(C(N)=O)c(Cl)nc6C(C)(C)C5CCC43C)C2C1C. The van der Waals surface area contributed by atoms with Crippen molar-refractivity contribution in [3.63, 3.8) is 0 Å². The van der Waals surface area contributed by atoms with E-state index < -0.39 is 17.3 Å². The molecule has 0 aromatic carbocycles. The quantitative estimate of drug-likeness (QED) is 0.285. The largest absolute Gasteiger partial charge is 0.481 e. The number of carbonyl (C=O) groups is 2. The van der Waals surface area contributed by atoms with E-state index in [4.69, 9.17) is 22.3 Å². The predicted octanol–water partition coefficient (Wildman–Crippen LogP) is 7.59. The molecule has 218 valence electrons. The zero-order chi connectivity index (χ0) is 29.2. The summed E-state index contributed by atoms with van der Waals surface area (Å²) in [4.78, 5) is 29.9. The Bertz CT molecular complexity index is 1340. The van der Waals surface area contributed by atoms with Gasteiger partial charge in [-0.05, 0) is 109 Å². The third-order valence-corrected chi connectivity index (χ3v) is 14.3. The summed E-state index contributed by atoms with van der Waals surface area (Å²) in [6.07, 6.45) is 10.1. The number of nitrogens with two attached hydrogens (primary N) is 1. The van der Waals surface area contributed by atoms with Crippen LogP contribution in [-0.4, -0.2) is 22.0 Å². The molecular weight excluding hydrogens is 520 g/mol. The van der Waals surface area contributed by atoms with Gasteiger partial charge in [0.25, 0.3) is 5.91 Å². The van der Waals surface area contributed by atoms with E-state index in [9.17, 15) is 14.7 Å². The van der Waals surface area contributed by atoms with Crippen LogP contribution in [-0.2, 0) is 16.6 Å². The molecule has 1 heterocycles. The minimum absolute atomic E-state index is 0.00573. The molecule has 0 bridgehead atoms. The molecule has 0 radical (unpaired) electrons. The first kappa shape index (κ1) is 28.2. The second kappa shape index (κ2) is 8.58. The van der Waals surface area contributed by atoms with Crippen LogP contribution in [0.3, 0.4) is 0 Å². The highest BCUT2D eigenvalue weighted by atomic mass is 35.5. The Balaban J connectivity index is 1.48. The third kappa shape index (κ3) is 3.30. The summed E-state index contributed by atoms with van der Waals surface area (Å²) in [5.41, 5.74) is 8.81. The standard InChI is InChI=1S/C34H47ClN2O3/c1-18-10-13-34(29(39)40)15-14-32(6)22(25(34)19(18)2)8-9-24-31(5)17-20-16-21(28(36)38)27(35)37-26(20)30(3,4)23(31)11-12-33(24,32)7/h8,16,18-19,23-25H,9-15,17H2,1-7H3,(H2,36,38)(H,39,40). The molecule has 9 unspecified atom stereocenters. The summed E-state index contributed by atoms with van der Waals surface area (Å²) in [6, 6.07) is 1.92. The van der Waals surface area contributed by atoms with Crippen LogP contribution in [0.4, 0.5) is 0 Å². The molecular formula is C34H47ClN2O3. The lowest BCUT2D eigenvalue weighted by Gasteiger charge is -2.70. The Morgan fingerprint density at radius 2 is 1.73 bits per heavy atom. The molecule has 3 N–H and O–H groups in total. The number of halogens is 1. The van der Waals surface area contributed by atoms with Gasteiger partial charge in [0.05, 0.1) is 16.7 Å². The number of fused-ring (bicyclic) bond motifs is 8. The molecule has 40 heavy (non-hydrogen) atoms. The summed E-state index contributed by atoms with van der Waals surface area (Å²) < 4.78 is 0. The first-order chi connectivity index (χ1) is 18.5. The van der Waals surface area contributed by atoms with Gasteiger partial charge >= 0.3 is 5.97 Å². The van der Waals surface area contributed by atoms with Gasteiger partial charge in [-0.2, -0.15) is 0 Å². The van der Waals surface area contributed by atoms with Crippen LogP contribution in [0, 0.1) is 51.2 Å². The van der Waals surface area contributed by atoms with Crippen molar-refractivity contribution in [1.82, 2.24) is 4.98 Å². The maximum absolute atomic E-state index is 13.0. The van der Waals surface area contributed by atoms with Crippen molar-refractivity contribution in [2.75, 3.05) is 0 Å². The number of hydrogen-bond donors (Lipinski definition) is 2. The summed E-state index contributed by atoms with van der Waals surface area (Å²) >= 11 is 6.47. The fourth-order valence-electron chi connectivity index (χ4n) is 11.6. The number of rotatable bonds is 2. The van der Waals surface area contributed by atoms with Gasteiger partial charge in [-0.25, -0.2) is 4.98 Å². The van der Waals surface area contributed by atoms with Gasteiger partial charge in [0, 0.05) is 5.41 Å². The number of amides is 1. The first-order valence-electron chi connectivity index (χ1n) is 15.5. The molecule has 0 saturated heterocycles. The van der Waals surface area contributed by atoms with Crippen LogP contribution in [0.25, 0.3) is 0 Å². The Kier molecular flexibility index (Phi) is 6.06. The van der Waals surface area contributed by atoms with Crippen molar-refractivity contribution in [3.8, 4) is 0 Å². The summed E-state index contributed by atoms with van der Waals surface area (Å²) in [5, 5.41) is 10.9. The van der Waals surface area contributed by atoms with Crippen molar-refractivity contribution in [2.24, 2.45) is 57.0 Å². The Hall–Kier alpha value is -1.88. The molecule has 5 aliphatic rings. The van der Waals surface area contributed by atoms with Crippen LogP contribution in [0.5, 0.6) is 0 Å². The minimum atomic E-state index is -0.622. The number of aliphatic carboxylic acids is 1. The highest BCUT2D eigenvalue weighted by Crippen LogP contribution is 2.75. The molecule has 1 aromatic rings. The smallest absolute Gasteiger partial charge is 0.310 e. The number of hydrogen-bond acceptors (Lipinski definition) is 3. The number of carboxylic acid groups (broad SMARTS) is 1. The predicted molar refractivity (Wildman–Crippen MR) is 158 cm³/mol. The Labute approximate surface area is 244 Å². The topological polar surface area (TPSA) is 93.3 Å². The second-order valence-electron chi connectivity index (χ2n) is 15.7. The van der Waals surface area contributed by atoms with Crippen LogP contribution in [0.2, 0.25) is 5.15 Å². The van der Waals surface area contributed by atoms with E-state index in [1.165, 1.54) is 5.57 Å². The fraction of sp³-hybridized carbons (Fsp3) is 0.735. The van der Waals surface area contributed by atoms with Gasteiger partial charge in [-0.3, -0.25) is 9.59 Å². The lowest BCUT2D eigenvalue weighted by Crippen LogP contribution is -2.65. The summed E-state index contributed by atoms with van der Waals surface area (Å²) in [6.45, 7) is 16.8. The van der Waals surface area contributed by atoms with E-state index in [0.717, 1.165) is 62.6 Å². The molecule has 1 aromatic heterocycles. The van der Waals surface area contributed by atoms with E-state index in [2.05, 4.69) is 54.5 Å². The number of primary amides is 1. The number of nitrogens with zero attached hydrogens (tertiary/aromatic N) is 1. The third-order valence-electron chi connectivity index (χ3n) is 14.1. The van der Waals surface area contributed by atoms with E-state index in [1.807, 2.05) is 6.07 Å². The Morgan fingerprint density at radius 3 is 2.38 bits per heavy atom. The number of pyridine rings is 1. The zero-order valence-corrected chi connectivity index (χ0v) is 26.1. The van der Waals surface area contributed by atoms with Gasteiger partial charge in [0.1, 0.15) is 5.15 Å². The molecule has 0 spiro atoms. The molecule has 5 nitrogen and oxygen atoms in total. The van der Waals surface area contributed by atoms with E-state index in [1.54, 1.807) is 0 Å². The fourth-order valence-corrected chi connectivity index (χ4v) is 11.9. The second-order valence-corrected chi connectivity index (χ2v) is 16.1. The van der Waals surface area contributed by atoms with Gasteiger partial charge < -0.3 is 10.8 Å². The zero-order valence-electron chi connectivity index (χ0n) is 25.4. The highest BCUT2D eigenvalue weighted by Gasteiger charge is 2.69. The van der Waals surface area contributed by atoms with Crippen LogP contribution >= 0.6 is 11.6 Å². The van der Waals surface area contributed by atoms with Crippen molar-refractivity contribution < 1.29 is 14.7 Å². The van der Waals surface area contributed by atoms with Crippen molar-refractivity contribution in [1.29, 1.82) is 0 Å². The van der Waals surface area contributed by atoms with Crippen molar-refractivity contribution >= 4 is 23.5 Å². The van der Waals surface area contributed by atoms with Crippen LogP contribution in [0.15, 0.2) is 17.7 Å². The normalized spacial score (nSPS) is 45.1. The molecule has 5 aliphatic carbocycles. The average Bonchev–Trinajstić information content (AvgIpc) is 2.86. The number of carboxylic acids is 1. The van der Waals surface area contributed by atoms with Crippen LogP contribution < -0.4 is 5.73 Å². The summed E-state index contributed by atoms with van der Waals surface area (Å²) in [7, 11) is 0. The van der Waals surface area contributed by atoms with Gasteiger partial charge in [-0.1, -0.05) is 71.7 Å². The lowest BCUT2D eigenvalue weighted by atomic mass is 9.33. The molecule has 3 fully saturated rings. The molecule has 6 rings (SSSR count). The molecule has 1 amide bonds. The first-order valence-corrected chi connectivity index (χ1v) is 15.9. The Morgan fingerprint density at radius 1 is 1.02 bits per heavy atom. The maximum Gasteiger partial charge on any atom is 0.310 e. The van der Waals surface area contributed by atoms with E-state index in [-0.39, 0.29) is 32.7 Å². The van der Waals surface area contributed by atoms with Gasteiger partial charge in [0.2, 0.25) is 0 Å². The van der Waals surface area contributed by atoms with Gasteiger partial charge in [0.15, 0.2) is 0 Å². The highest BCUT2D eigenvalue weighted by molar-refractivity contribution is 6.32. The molecule has 3 saturated carbocycles. The van der Waals surface area contributed by atoms with Crippen molar-refractivity contribution in [2.45, 2.75) is 105 Å². The van der Waals surface area contributed by atoms with Crippen LogP contribution in [0.1, 0.15) is 115 Å². The molecule has 9 atom stereocenters. The molecule has 6 heteroatoms. The van der Waals surface area contributed by atoms with Gasteiger partial charge in [-0.15, -0.1) is 0 Å². The lowest BCUT2D eigenvalue weighted by molar-refractivity contribution is -0.179.